The summed E-state index contributed by atoms with van der Waals surface area (Å²) >= 11 is 0. The predicted molar refractivity (Wildman–Crippen MR) is 106 cm³/mol. The molecule has 0 bridgehead atoms. The van der Waals surface area contributed by atoms with E-state index in [-0.39, 0.29) is 13.0 Å². The summed E-state index contributed by atoms with van der Waals surface area (Å²) in [6.07, 6.45) is -2.19. The zero-order chi connectivity index (χ0) is 22.6. The highest BCUT2D eigenvalue weighted by Crippen LogP contribution is 2.35. The third-order valence-corrected chi connectivity index (χ3v) is 4.38. The van der Waals surface area contributed by atoms with Gasteiger partial charge < -0.3 is 30.0 Å². The number of carbonyl (C=O) groups is 3. The lowest BCUT2D eigenvalue weighted by Crippen LogP contribution is -2.53. The van der Waals surface area contributed by atoms with E-state index in [1.54, 1.807) is 55.4 Å². The second-order valence-electron chi connectivity index (χ2n) is 9.35. The molecule has 1 aliphatic carbocycles. The van der Waals surface area contributed by atoms with Crippen molar-refractivity contribution in [2.24, 2.45) is 11.8 Å². The number of rotatable bonds is 5. The van der Waals surface area contributed by atoms with Gasteiger partial charge in [-0.05, 0) is 61.8 Å². The standard InChI is InChI=1S/C20H36N2O7/c1-9-27-16(24)12-10-13(23)14(11(2)21-17(25)28-19(3,4)5)15(12)22-18(26)29-20(6,7)8/h11-15,23H,9-10H2,1-8H3,(H,21,25)(H,22,26)/t11-,12-,13+,14+,15+/m0/s1. The number of ether oxygens (including phenoxy) is 3. The average molecular weight is 417 g/mol. The summed E-state index contributed by atoms with van der Waals surface area (Å²) in [4.78, 5) is 36.9. The Balaban J connectivity index is 3.02. The van der Waals surface area contributed by atoms with Gasteiger partial charge in [-0.2, -0.15) is 0 Å². The van der Waals surface area contributed by atoms with Crippen molar-refractivity contribution < 1.29 is 33.7 Å². The number of carbonyl (C=O) groups excluding carboxylic acids is 3. The highest BCUT2D eigenvalue weighted by atomic mass is 16.6. The number of alkyl carbamates (subject to hydrolysis) is 2. The summed E-state index contributed by atoms with van der Waals surface area (Å²) < 4.78 is 15.7. The van der Waals surface area contributed by atoms with Crippen LogP contribution in [0.4, 0.5) is 9.59 Å². The first kappa shape index (κ1) is 25.0. The summed E-state index contributed by atoms with van der Waals surface area (Å²) in [7, 11) is 0. The molecule has 2 amide bonds. The number of amides is 2. The lowest BCUT2D eigenvalue weighted by molar-refractivity contribution is -0.148. The predicted octanol–water partition coefficient (Wildman–Crippen LogP) is 2.35. The van der Waals surface area contributed by atoms with E-state index in [4.69, 9.17) is 14.2 Å². The van der Waals surface area contributed by atoms with Gasteiger partial charge in [-0.15, -0.1) is 0 Å². The van der Waals surface area contributed by atoms with E-state index in [9.17, 15) is 19.5 Å². The van der Waals surface area contributed by atoms with E-state index in [1.807, 2.05) is 0 Å². The molecule has 0 saturated heterocycles. The molecule has 29 heavy (non-hydrogen) atoms. The van der Waals surface area contributed by atoms with E-state index in [1.165, 1.54) is 0 Å². The van der Waals surface area contributed by atoms with Gasteiger partial charge in [0, 0.05) is 12.0 Å². The van der Waals surface area contributed by atoms with Crippen LogP contribution in [0.2, 0.25) is 0 Å². The first-order chi connectivity index (χ1) is 13.1. The molecule has 9 heteroatoms. The van der Waals surface area contributed by atoms with Crippen LogP contribution in [-0.2, 0) is 19.0 Å². The number of nitrogens with one attached hydrogen (secondary N) is 2. The lowest BCUT2D eigenvalue weighted by Gasteiger charge is -2.32. The van der Waals surface area contributed by atoms with Gasteiger partial charge in [0.25, 0.3) is 0 Å². The highest BCUT2D eigenvalue weighted by molar-refractivity contribution is 5.76. The van der Waals surface area contributed by atoms with Crippen molar-refractivity contribution in [3.63, 3.8) is 0 Å². The van der Waals surface area contributed by atoms with Crippen LogP contribution in [0.15, 0.2) is 0 Å². The molecule has 1 saturated carbocycles. The van der Waals surface area contributed by atoms with Gasteiger partial charge in [-0.1, -0.05) is 0 Å². The van der Waals surface area contributed by atoms with Crippen LogP contribution in [-0.4, -0.2) is 59.3 Å². The molecule has 1 fully saturated rings. The first-order valence-corrected chi connectivity index (χ1v) is 9.98. The molecule has 0 aromatic heterocycles. The SMILES string of the molecule is CCOC(=O)[C@H]1C[C@@H](O)[C@@H]([C@H](C)NC(=O)OC(C)(C)C)[C@@H]1NC(=O)OC(C)(C)C. The molecule has 0 unspecified atom stereocenters. The van der Waals surface area contributed by atoms with Gasteiger partial charge in [0.1, 0.15) is 11.2 Å². The monoisotopic (exact) mass is 416 g/mol. The number of aliphatic hydroxyl groups is 1. The molecule has 0 radical (unpaired) electrons. The van der Waals surface area contributed by atoms with E-state index in [0.29, 0.717) is 0 Å². The molecule has 0 aromatic rings. The largest absolute Gasteiger partial charge is 0.466 e. The van der Waals surface area contributed by atoms with Crippen molar-refractivity contribution in [3.05, 3.63) is 0 Å². The number of hydrogen-bond acceptors (Lipinski definition) is 7. The van der Waals surface area contributed by atoms with Crippen LogP contribution in [0.3, 0.4) is 0 Å². The quantitative estimate of drug-likeness (QED) is 0.464. The van der Waals surface area contributed by atoms with Gasteiger partial charge in [-0.3, -0.25) is 4.79 Å². The fraction of sp³-hybridized carbons (Fsp3) is 0.850. The topological polar surface area (TPSA) is 123 Å². The van der Waals surface area contributed by atoms with Crippen molar-refractivity contribution in [2.45, 2.75) is 91.2 Å². The normalized spacial score (nSPS) is 25.7. The fourth-order valence-electron chi connectivity index (χ4n) is 3.44. The van der Waals surface area contributed by atoms with E-state index >= 15 is 0 Å². The minimum absolute atomic E-state index is 0.101. The Kier molecular flexibility index (Phi) is 8.32. The number of hydrogen-bond donors (Lipinski definition) is 3. The molecule has 5 atom stereocenters. The molecule has 0 aromatic carbocycles. The van der Waals surface area contributed by atoms with Crippen LogP contribution in [0.25, 0.3) is 0 Å². The second kappa shape index (κ2) is 9.65. The zero-order valence-electron chi connectivity index (χ0n) is 18.7. The maximum atomic E-state index is 12.4. The van der Waals surface area contributed by atoms with Gasteiger partial charge >= 0.3 is 18.2 Å². The molecule has 1 aliphatic rings. The Bertz CT molecular complexity index is 595. The minimum Gasteiger partial charge on any atom is -0.466 e. The van der Waals surface area contributed by atoms with E-state index in [2.05, 4.69) is 10.6 Å². The van der Waals surface area contributed by atoms with Crippen molar-refractivity contribution in [1.29, 1.82) is 0 Å². The van der Waals surface area contributed by atoms with Crippen LogP contribution in [0.1, 0.15) is 61.8 Å². The van der Waals surface area contributed by atoms with Gasteiger partial charge in [0.15, 0.2) is 0 Å². The van der Waals surface area contributed by atoms with Gasteiger partial charge in [-0.25, -0.2) is 9.59 Å². The highest BCUT2D eigenvalue weighted by Gasteiger charge is 2.50. The third kappa shape index (κ3) is 8.08. The molecule has 0 heterocycles. The average Bonchev–Trinajstić information content (AvgIpc) is 2.79. The fourth-order valence-corrected chi connectivity index (χ4v) is 3.44. The van der Waals surface area contributed by atoms with E-state index in [0.717, 1.165) is 0 Å². The smallest absolute Gasteiger partial charge is 0.407 e. The molecule has 9 nitrogen and oxygen atoms in total. The second-order valence-corrected chi connectivity index (χ2v) is 9.35. The van der Waals surface area contributed by atoms with E-state index < -0.39 is 59.4 Å². The van der Waals surface area contributed by atoms with Crippen molar-refractivity contribution in [1.82, 2.24) is 10.6 Å². The maximum absolute atomic E-state index is 12.4. The Morgan fingerprint density at radius 2 is 1.55 bits per heavy atom. The molecule has 3 N–H and O–H groups in total. The first-order valence-electron chi connectivity index (χ1n) is 9.98. The summed E-state index contributed by atoms with van der Waals surface area (Å²) in [5.74, 6) is -1.91. The Morgan fingerprint density at radius 3 is 2.03 bits per heavy atom. The molecule has 1 rings (SSSR count). The summed E-state index contributed by atoms with van der Waals surface area (Å²) in [6, 6.07) is -1.36. The van der Waals surface area contributed by atoms with Crippen LogP contribution in [0, 0.1) is 11.8 Å². The van der Waals surface area contributed by atoms with Crippen molar-refractivity contribution in [2.75, 3.05) is 6.61 Å². The molecule has 168 valence electrons. The Labute approximate surface area is 172 Å². The van der Waals surface area contributed by atoms with Crippen molar-refractivity contribution >= 4 is 18.2 Å². The van der Waals surface area contributed by atoms with Crippen LogP contribution in [0.5, 0.6) is 0 Å². The number of esters is 1. The zero-order valence-corrected chi connectivity index (χ0v) is 18.7. The lowest BCUT2D eigenvalue weighted by atomic mass is 9.91. The summed E-state index contributed by atoms with van der Waals surface area (Å²) in [5.41, 5.74) is -1.41. The molecule has 0 aliphatic heterocycles. The van der Waals surface area contributed by atoms with Gasteiger partial charge in [0.05, 0.1) is 24.7 Å². The van der Waals surface area contributed by atoms with Gasteiger partial charge in [0.2, 0.25) is 0 Å². The van der Waals surface area contributed by atoms with Crippen molar-refractivity contribution in [3.8, 4) is 0 Å². The summed E-state index contributed by atoms with van der Waals surface area (Å²) in [6.45, 7) is 14.0. The van der Waals surface area contributed by atoms with Crippen LogP contribution < -0.4 is 10.6 Å². The summed E-state index contributed by atoms with van der Waals surface area (Å²) in [5, 5.41) is 16.0. The Morgan fingerprint density at radius 1 is 1.03 bits per heavy atom. The Hall–Kier alpha value is -2.03. The molecule has 0 spiro atoms. The third-order valence-electron chi connectivity index (χ3n) is 4.38. The molecular weight excluding hydrogens is 380 g/mol. The maximum Gasteiger partial charge on any atom is 0.407 e. The number of aliphatic hydroxyl groups excluding tert-OH is 1. The van der Waals surface area contributed by atoms with Crippen LogP contribution >= 0.6 is 0 Å². The molecular formula is C20H36N2O7. The minimum atomic E-state index is -0.936.